The van der Waals surface area contributed by atoms with Crippen molar-refractivity contribution in [2.24, 2.45) is 0 Å². The number of benzene rings is 2. The van der Waals surface area contributed by atoms with Crippen molar-refractivity contribution >= 4 is 11.8 Å². The minimum absolute atomic E-state index is 1.13. The normalized spacial score (nSPS) is 11.2. The minimum Gasteiger partial charge on any atom is -0.126 e. The highest BCUT2D eigenvalue weighted by Crippen LogP contribution is 2.25. The highest BCUT2D eigenvalue weighted by molar-refractivity contribution is 7.99. The molecule has 0 unspecified atom stereocenters. The van der Waals surface area contributed by atoms with E-state index in [1.165, 1.54) is 131 Å². The van der Waals surface area contributed by atoms with Crippen molar-refractivity contribution in [3.63, 3.8) is 0 Å². The van der Waals surface area contributed by atoms with Crippen molar-refractivity contribution in [2.75, 3.05) is 5.75 Å². The molecule has 0 saturated carbocycles. The summed E-state index contributed by atoms with van der Waals surface area (Å²) < 4.78 is 0. The monoisotopic (exact) mass is 466 g/mol. The lowest BCUT2D eigenvalue weighted by atomic mass is 10.0. The third kappa shape index (κ3) is 13.3. The summed E-state index contributed by atoms with van der Waals surface area (Å²) in [5.74, 6) is 1.13. The van der Waals surface area contributed by atoms with Crippen LogP contribution >= 0.6 is 11.8 Å². The Kier molecular flexibility index (Phi) is 16.3. The van der Waals surface area contributed by atoms with Crippen LogP contribution in [0.1, 0.15) is 122 Å². The molecule has 0 nitrogen and oxygen atoms in total. The standard InChI is InChI=1S/C32H50S/c1-3-5-6-7-8-9-10-11-12-13-14-15-16-17-18-19-20-29-21-23-30(24-22-29)31-25-27-32(28-26-31)33-4-2/h21-28H,3-20H2,1-2H3. The first-order chi connectivity index (χ1) is 16.3. The molecule has 0 bridgehead atoms. The van der Waals surface area contributed by atoms with Gasteiger partial charge in [-0.15, -0.1) is 11.8 Å². The van der Waals surface area contributed by atoms with Gasteiger partial charge < -0.3 is 0 Å². The van der Waals surface area contributed by atoms with Gasteiger partial charge in [-0.05, 0) is 47.4 Å². The van der Waals surface area contributed by atoms with Crippen molar-refractivity contribution in [3.8, 4) is 11.1 Å². The molecule has 0 heterocycles. The average Bonchev–Trinajstić information content (AvgIpc) is 2.85. The molecule has 0 N–H and O–H groups in total. The van der Waals surface area contributed by atoms with Crippen molar-refractivity contribution in [2.45, 2.75) is 128 Å². The number of aryl methyl sites for hydroxylation is 1. The van der Waals surface area contributed by atoms with E-state index in [0.29, 0.717) is 0 Å². The lowest BCUT2D eigenvalue weighted by Crippen LogP contribution is -1.87. The molecule has 2 aromatic carbocycles. The molecule has 0 atom stereocenters. The van der Waals surface area contributed by atoms with Gasteiger partial charge in [-0.3, -0.25) is 0 Å². The molecule has 0 amide bonds. The van der Waals surface area contributed by atoms with E-state index in [2.05, 4.69) is 62.4 Å². The summed E-state index contributed by atoms with van der Waals surface area (Å²) in [5.41, 5.74) is 4.14. The topological polar surface area (TPSA) is 0 Å². The number of rotatable bonds is 20. The van der Waals surface area contributed by atoms with Gasteiger partial charge >= 0.3 is 0 Å². The van der Waals surface area contributed by atoms with Crippen molar-refractivity contribution < 1.29 is 0 Å². The quantitative estimate of drug-likeness (QED) is 0.138. The van der Waals surface area contributed by atoms with E-state index in [9.17, 15) is 0 Å². The zero-order chi connectivity index (χ0) is 23.4. The Morgan fingerprint density at radius 3 is 1.27 bits per heavy atom. The summed E-state index contributed by atoms with van der Waals surface area (Å²) in [6, 6.07) is 18.2. The Hall–Kier alpha value is -1.21. The highest BCUT2D eigenvalue weighted by atomic mass is 32.2. The van der Waals surface area contributed by atoms with Crippen LogP contribution in [0.25, 0.3) is 11.1 Å². The van der Waals surface area contributed by atoms with Crippen LogP contribution in [0, 0.1) is 0 Å². The maximum atomic E-state index is 2.33. The zero-order valence-electron chi connectivity index (χ0n) is 21.8. The summed E-state index contributed by atoms with van der Waals surface area (Å²) in [6.07, 6.45) is 24.2. The molecule has 0 fully saturated rings. The molecule has 0 saturated heterocycles. The van der Waals surface area contributed by atoms with Gasteiger partial charge in [0.15, 0.2) is 0 Å². The average molecular weight is 467 g/mol. The number of hydrogen-bond acceptors (Lipinski definition) is 1. The molecule has 184 valence electrons. The van der Waals surface area contributed by atoms with Crippen LogP contribution in [0.4, 0.5) is 0 Å². The molecule has 2 rings (SSSR count). The minimum atomic E-state index is 1.13. The maximum Gasteiger partial charge on any atom is 0.00722 e. The molecular formula is C32H50S. The van der Waals surface area contributed by atoms with Crippen LogP contribution in [0.2, 0.25) is 0 Å². The van der Waals surface area contributed by atoms with Gasteiger partial charge in [0.1, 0.15) is 0 Å². The molecule has 33 heavy (non-hydrogen) atoms. The molecular weight excluding hydrogens is 416 g/mol. The molecule has 0 aliphatic heterocycles. The highest BCUT2D eigenvalue weighted by Gasteiger charge is 2.00. The van der Waals surface area contributed by atoms with Gasteiger partial charge in [0.25, 0.3) is 0 Å². The molecule has 0 aliphatic carbocycles. The molecule has 0 aromatic heterocycles. The Morgan fingerprint density at radius 1 is 0.455 bits per heavy atom. The van der Waals surface area contributed by atoms with Crippen molar-refractivity contribution in [1.82, 2.24) is 0 Å². The smallest absolute Gasteiger partial charge is 0.00722 e. The van der Waals surface area contributed by atoms with Crippen LogP contribution in [0.5, 0.6) is 0 Å². The molecule has 0 spiro atoms. The third-order valence-electron chi connectivity index (χ3n) is 6.77. The SMILES string of the molecule is CCCCCCCCCCCCCCCCCCc1ccc(-c2ccc(SCC)cc2)cc1. The zero-order valence-corrected chi connectivity index (χ0v) is 22.6. The van der Waals surface area contributed by atoms with Crippen molar-refractivity contribution in [3.05, 3.63) is 54.1 Å². The van der Waals surface area contributed by atoms with Gasteiger partial charge in [-0.1, -0.05) is 147 Å². The summed E-state index contributed by atoms with van der Waals surface area (Å²) >= 11 is 1.91. The van der Waals surface area contributed by atoms with Crippen molar-refractivity contribution in [1.29, 1.82) is 0 Å². The maximum absolute atomic E-state index is 2.33. The van der Waals surface area contributed by atoms with Crippen LogP contribution in [-0.4, -0.2) is 5.75 Å². The first kappa shape index (κ1) is 28.0. The van der Waals surface area contributed by atoms with E-state index in [-0.39, 0.29) is 0 Å². The summed E-state index contributed by atoms with van der Waals surface area (Å²) in [5, 5.41) is 0. The lowest BCUT2D eigenvalue weighted by molar-refractivity contribution is 0.529. The van der Waals surface area contributed by atoms with E-state index in [4.69, 9.17) is 0 Å². The number of thioether (sulfide) groups is 1. The van der Waals surface area contributed by atoms with Crippen LogP contribution in [0.3, 0.4) is 0 Å². The van der Waals surface area contributed by atoms with Gasteiger partial charge in [0.05, 0.1) is 0 Å². The third-order valence-corrected chi connectivity index (χ3v) is 7.67. The van der Waals surface area contributed by atoms with E-state index in [1.807, 2.05) is 11.8 Å². The number of hydrogen-bond donors (Lipinski definition) is 0. The first-order valence-electron chi connectivity index (χ1n) is 14.2. The summed E-state index contributed by atoms with van der Waals surface area (Å²) in [6.45, 7) is 4.50. The van der Waals surface area contributed by atoms with E-state index < -0.39 is 0 Å². The fourth-order valence-corrected chi connectivity index (χ4v) is 5.31. The fraction of sp³-hybridized carbons (Fsp3) is 0.625. The van der Waals surface area contributed by atoms with Gasteiger partial charge in [-0.2, -0.15) is 0 Å². The van der Waals surface area contributed by atoms with Crippen LogP contribution < -0.4 is 0 Å². The molecule has 0 radical (unpaired) electrons. The first-order valence-corrected chi connectivity index (χ1v) is 15.1. The van der Waals surface area contributed by atoms with Gasteiger partial charge in [0, 0.05) is 4.90 Å². The molecule has 0 aliphatic rings. The second-order valence-corrected chi connectivity index (χ2v) is 11.0. The second-order valence-electron chi connectivity index (χ2n) is 9.71. The van der Waals surface area contributed by atoms with Crippen LogP contribution in [0.15, 0.2) is 53.4 Å². The summed E-state index contributed by atoms with van der Waals surface area (Å²) in [7, 11) is 0. The Morgan fingerprint density at radius 2 is 0.848 bits per heavy atom. The van der Waals surface area contributed by atoms with Crippen LogP contribution in [-0.2, 0) is 6.42 Å². The number of unbranched alkanes of at least 4 members (excludes halogenated alkanes) is 15. The lowest BCUT2D eigenvalue weighted by Gasteiger charge is -2.06. The Bertz CT molecular complexity index is 685. The molecule has 1 heteroatoms. The second kappa shape index (κ2) is 19.1. The predicted molar refractivity (Wildman–Crippen MR) is 152 cm³/mol. The van der Waals surface area contributed by atoms with E-state index in [1.54, 1.807) is 0 Å². The summed E-state index contributed by atoms with van der Waals surface area (Å²) in [4.78, 5) is 1.36. The fourth-order valence-electron chi connectivity index (χ4n) is 4.65. The van der Waals surface area contributed by atoms with E-state index >= 15 is 0 Å². The predicted octanol–water partition coefficient (Wildman–Crippen LogP) is 11.3. The largest absolute Gasteiger partial charge is 0.126 e. The van der Waals surface area contributed by atoms with Gasteiger partial charge in [0.2, 0.25) is 0 Å². The van der Waals surface area contributed by atoms with Gasteiger partial charge in [-0.25, -0.2) is 0 Å². The Labute approximate surface area is 210 Å². The Balaban J connectivity index is 1.42. The molecule has 2 aromatic rings. The van der Waals surface area contributed by atoms with E-state index in [0.717, 1.165) is 5.75 Å².